The molecule has 35 heavy (non-hydrogen) atoms. The fraction of sp³-hybridized carbons (Fsp3) is 0.185. The molecule has 1 aliphatic rings. The van der Waals surface area contributed by atoms with Crippen molar-refractivity contribution < 1.29 is 19.4 Å². The Balaban J connectivity index is 1.64. The van der Waals surface area contributed by atoms with Crippen LogP contribution in [-0.2, 0) is 9.59 Å². The third kappa shape index (κ3) is 4.28. The van der Waals surface area contributed by atoms with E-state index in [9.17, 15) is 14.7 Å². The molecule has 3 heterocycles. The Morgan fingerprint density at radius 1 is 1.09 bits per heavy atom. The van der Waals surface area contributed by atoms with Crippen LogP contribution in [0, 0.1) is 5.92 Å². The molecular formula is C27H23N3O4S. The Morgan fingerprint density at radius 2 is 1.89 bits per heavy atom. The SMILES string of the molecule is CC(C)COc1cccc(/C(O)=C2\C(=O)C(=O)N(c3nc4ccccc4s3)C2c2ccccn2)c1. The average molecular weight is 486 g/mol. The molecule has 1 aliphatic heterocycles. The summed E-state index contributed by atoms with van der Waals surface area (Å²) in [4.78, 5) is 37.0. The van der Waals surface area contributed by atoms with Crippen LogP contribution in [0.4, 0.5) is 5.13 Å². The van der Waals surface area contributed by atoms with Crippen LogP contribution >= 0.6 is 11.3 Å². The van der Waals surface area contributed by atoms with Crippen molar-refractivity contribution in [3.8, 4) is 5.75 Å². The number of carbonyl (C=O) groups excluding carboxylic acids is 2. The lowest BCUT2D eigenvalue weighted by molar-refractivity contribution is -0.132. The van der Waals surface area contributed by atoms with Crippen molar-refractivity contribution in [2.45, 2.75) is 19.9 Å². The van der Waals surface area contributed by atoms with Gasteiger partial charge in [-0.25, -0.2) is 4.98 Å². The first-order valence-electron chi connectivity index (χ1n) is 11.2. The fourth-order valence-electron chi connectivity index (χ4n) is 3.96. The molecule has 1 saturated heterocycles. The number of ketones is 1. The number of anilines is 1. The normalized spacial score (nSPS) is 17.5. The van der Waals surface area contributed by atoms with Gasteiger partial charge in [-0.15, -0.1) is 0 Å². The summed E-state index contributed by atoms with van der Waals surface area (Å²) in [6.07, 6.45) is 1.59. The third-order valence-corrected chi connectivity index (χ3v) is 6.63. The Kier molecular flexibility index (Phi) is 6.05. The highest BCUT2D eigenvalue weighted by Crippen LogP contribution is 2.43. The molecule has 2 aromatic heterocycles. The predicted octanol–water partition coefficient (Wildman–Crippen LogP) is 5.35. The van der Waals surface area contributed by atoms with Crippen LogP contribution in [0.2, 0.25) is 0 Å². The molecule has 1 unspecified atom stereocenters. The maximum atomic E-state index is 13.3. The lowest BCUT2D eigenvalue weighted by Gasteiger charge is -2.22. The number of aliphatic hydroxyl groups is 1. The zero-order valence-corrected chi connectivity index (χ0v) is 20.0. The number of nitrogens with zero attached hydrogens (tertiary/aromatic N) is 3. The number of hydrogen-bond donors (Lipinski definition) is 1. The van der Waals surface area contributed by atoms with Gasteiger partial charge in [0.05, 0.1) is 28.1 Å². The number of pyridine rings is 1. The number of fused-ring (bicyclic) bond motifs is 1. The van der Waals surface area contributed by atoms with Crippen molar-refractivity contribution in [1.82, 2.24) is 9.97 Å². The maximum Gasteiger partial charge on any atom is 0.301 e. The van der Waals surface area contributed by atoms with Crippen molar-refractivity contribution in [2.24, 2.45) is 5.92 Å². The average Bonchev–Trinajstić information content (AvgIpc) is 3.41. The summed E-state index contributed by atoms with van der Waals surface area (Å²) >= 11 is 1.31. The van der Waals surface area contributed by atoms with E-state index in [2.05, 4.69) is 9.97 Å². The van der Waals surface area contributed by atoms with Gasteiger partial charge in [-0.3, -0.25) is 19.5 Å². The van der Waals surface area contributed by atoms with E-state index in [1.807, 2.05) is 38.1 Å². The summed E-state index contributed by atoms with van der Waals surface area (Å²) in [6, 6.07) is 18.7. The highest BCUT2D eigenvalue weighted by atomic mass is 32.1. The number of aliphatic hydroxyl groups excluding tert-OH is 1. The number of benzene rings is 2. The van der Waals surface area contributed by atoms with Crippen LogP contribution in [-0.4, -0.2) is 33.4 Å². The number of hydrogen-bond acceptors (Lipinski definition) is 7. The molecule has 176 valence electrons. The van der Waals surface area contributed by atoms with E-state index in [1.165, 1.54) is 16.2 Å². The first kappa shape index (κ1) is 22.7. The highest BCUT2D eigenvalue weighted by molar-refractivity contribution is 7.22. The van der Waals surface area contributed by atoms with Gasteiger partial charge in [0.15, 0.2) is 5.13 Å². The van der Waals surface area contributed by atoms with Crippen LogP contribution in [0.1, 0.15) is 31.1 Å². The molecule has 7 nitrogen and oxygen atoms in total. The van der Waals surface area contributed by atoms with E-state index in [-0.39, 0.29) is 11.3 Å². The molecule has 1 N–H and O–H groups in total. The number of rotatable bonds is 6. The standard InChI is InChI=1S/C27H23N3O4S/c1-16(2)15-34-18-9-7-8-17(14-18)24(31)22-23(20-11-5-6-13-28-20)30(26(33)25(22)32)27-29-19-10-3-4-12-21(19)35-27/h3-14,16,23,31H,15H2,1-2H3/b24-22+. The lowest BCUT2D eigenvalue weighted by Crippen LogP contribution is -2.29. The van der Waals surface area contributed by atoms with E-state index in [0.29, 0.717) is 34.7 Å². The zero-order valence-electron chi connectivity index (χ0n) is 19.2. The zero-order chi connectivity index (χ0) is 24.5. The lowest BCUT2D eigenvalue weighted by atomic mass is 9.98. The molecule has 0 saturated carbocycles. The summed E-state index contributed by atoms with van der Waals surface area (Å²) in [5.41, 5.74) is 1.53. The summed E-state index contributed by atoms with van der Waals surface area (Å²) < 4.78 is 6.68. The maximum absolute atomic E-state index is 13.3. The summed E-state index contributed by atoms with van der Waals surface area (Å²) in [5, 5.41) is 11.7. The summed E-state index contributed by atoms with van der Waals surface area (Å²) in [5.74, 6) is -0.926. The number of ether oxygens (including phenoxy) is 1. The van der Waals surface area contributed by atoms with Gasteiger partial charge >= 0.3 is 5.91 Å². The Bertz CT molecular complexity index is 1410. The molecule has 1 fully saturated rings. The Labute approximate surface area is 206 Å². The van der Waals surface area contributed by atoms with E-state index in [1.54, 1.807) is 48.7 Å². The van der Waals surface area contributed by atoms with Crippen LogP contribution in [0.25, 0.3) is 16.0 Å². The van der Waals surface area contributed by atoms with E-state index in [4.69, 9.17) is 4.74 Å². The van der Waals surface area contributed by atoms with E-state index >= 15 is 0 Å². The van der Waals surface area contributed by atoms with Gasteiger partial charge in [-0.2, -0.15) is 0 Å². The molecule has 1 amide bonds. The molecular weight excluding hydrogens is 462 g/mol. The second-order valence-corrected chi connectivity index (χ2v) is 9.63. The van der Waals surface area contributed by atoms with Crippen molar-refractivity contribution in [3.63, 3.8) is 0 Å². The number of para-hydroxylation sites is 1. The third-order valence-electron chi connectivity index (χ3n) is 5.59. The predicted molar refractivity (Wildman–Crippen MR) is 135 cm³/mol. The van der Waals surface area contributed by atoms with Crippen LogP contribution in [0.15, 0.2) is 78.5 Å². The topological polar surface area (TPSA) is 92.6 Å². The van der Waals surface area contributed by atoms with Gasteiger partial charge in [0, 0.05) is 11.8 Å². The summed E-state index contributed by atoms with van der Waals surface area (Å²) in [7, 11) is 0. The number of Topliss-reactive ketones (excluding diaryl/α,β-unsaturated/α-hetero) is 1. The van der Waals surface area contributed by atoms with Gasteiger partial charge in [0.25, 0.3) is 5.78 Å². The number of thiazole rings is 1. The Hall–Kier alpha value is -4.04. The van der Waals surface area contributed by atoms with Crippen LogP contribution in [0.5, 0.6) is 5.75 Å². The van der Waals surface area contributed by atoms with Crippen molar-refractivity contribution in [3.05, 3.63) is 89.8 Å². The van der Waals surface area contributed by atoms with Crippen LogP contribution in [0.3, 0.4) is 0 Å². The second kappa shape index (κ2) is 9.31. The fourth-order valence-corrected chi connectivity index (χ4v) is 4.95. The highest BCUT2D eigenvalue weighted by Gasteiger charge is 2.48. The molecule has 1 atom stereocenters. The van der Waals surface area contributed by atoms with Crippen molar-refractivity contribution >= 4 is 44.1 Å². The smallest absolute Gasteiger partial charge is 0.301 e. The minimum Gasteiger partial charge on any atom is -0.507 e. The molecule has 8 heteroatoms. The molecule has 2 aromatic carbocycles. The quantitative estimate of drug-likeness (QED) is 0.225. The van der Waals surface area contributed by atoms with Crippen molar-refractivity contribution in [2.75, 3.05) is 11.5 Å². The van der Waals surface area contributed by atoms with Gasteiger partial charge in [0.1, 0.15) is 17.6 Å². The van der Waals surface area contributed by atoms with E-state index < -0.39 is 17.7 Å². The van der Waals surface area contributed by atoms with Gasteiger partial charge < -0.3 is 9.84 Å². The van der Waals surface area contributed by atoms with Gasteiger partial charge in [-0.05, 0) is 42.3 Å². The summed E-state index contributed by atoms with van der Waals surface area (Å²) in [6.45, 7) is 4.60. The first-order chi connectivity index (χ1) is 16.9. The minimum atomic E-state index is -0.919. The second-order valence-electron chi connectivity index (χ2n) is 8.62. The largest absolute Gasteiger partial charge is 0.507 e. The monoisotopic (exact) mass is 485 g/mol. The molecule has 0 spiro atoms. The van der Waals surface area contributed by atoms with Crippen LogP contribution < -0.4 is 9.64 Å². The van der Waals surface area contributed by atoms with Gasteiger partial charge in [-0.1, -0.05) is 55.5 Å². The Morgan fingerprint density at radius 3 is 2.63 bits per heavy atom. The molecule has 4 aromatic rings. The van der Waals surface area contributed by atoms with Crippen molar-refractivity contribution in [1.29, 1.82) is 0 Å². The van der Waals surface area contributed by atoms with Gasteiger partial charge in [0.2, 0.25) is 0 Å². The molecule has 5 rings (SSSR count). The molecule has 0 bridgehead atoms. The molecule has 0 aliphatic carbocycles. The minimum absolute atomic E-state index is 0.0334. The first-order valence-corrected chi connectivity index (χ1v) is 12.1. The number of aromatic nitrogens is 2. The number of amides is 1. The van der Waals surface area contributed by atoms with E-state index in [0.717, 1.165) is 10.2 Å². The molecule has 0 radical (unpaired) electrons. The number of carbonyl (C=O) groups is 2.